The maximum absolute atomic E-state index is 7.01. The van der Waals surface area contributed by atoms with Gasteiger partial charge in [0.05, 0.1) is 0 Å². The third-order valence-electron chi connectivity index (χ3n) is 2.26. The van der Waals surface area contributed by atoms with E-state index < -0.39 is 0 Å². The highest BCUT2D eigenvalue weighted by atomic mass is 14.7. The molecule has 1 atom stereocenters. The van der Waals surface area contributed by atoms with E-state index in [1.807, 2.05) is 19.1 Å². The van der Waals surface area contributed by atoms with Gasteiger partial charge in [-0.15, -0.1) is 0 Å². The Kier molecular flexibility index (Phi) is 3.08. The molecule has 0 amide bonds. The summed E-state index contributed by atoms with van der Waals surface area (Å²) in [4.78, 5) is 3.55. The maximum atomic E-state index is 7.01. The van der Waals surface area contributed by atoms with E-state index in [0.717, 1.165) is 0 Å². The lowest BCUT2D eigenvalue weighted by molar-refractivity contribution is 0.821. The van der Waals surface area contributed by atoms with Crippen molar-refractivity contribution in [3.63, 3.8) is 0 Å². The monoisotopic (exact) mass is 173 g/mol. The summed E-state index contributed by atoms with van der Waals surface area (Å²) in [6.07, 6.45) is 0. The van der Waals surface area contributed by atoms with Crippen LogP contribution in [0.1, 0.15) is 43.9 Å². The maximum Gasteiger partial charge on any atom is 0.246 e. The molecule has 0 saturated heterocycles. The van der Waals surface area contributed by atoms with Gasteiger partial charge in [0.2, 0.25) is 6.04 Å². The van der Waals surface area contributed by atoms with E-state index in [4.69, 9.17) is 6.57 Å². The zero-order chi connectivity index (χ0) is 9.84. The van der Waals surface area contributed by atoms with Crippen LogP contribution in [0.25, 0.3) is 4.85 Å². The standard InChI is InChI=1S/C12H15N/c1-9(2)11-7-5-6-8-12(11)10(3)13-4/h5-10H,1-3H3. The molecule has 0 heterocycles. The molecular weight excluding hydrogens is 158 g/mol. The summed E-state index contributed by atoms with van der Waals surface area (Å²) in [6, 6.07) is 8.19. The molecule has 0 N–H and O–H groups in total. The van der Waals surface area contributed by atoms with Crippen molar-refractivity contribution >= 4 is 0 Å². The number of rotatable bonds is 2. The molecule has 0 spiro atoms. The van der Waals surface area contributed by atoms with Crippen LogP contribution in [0.4, 0.5) is 0 Å². The van der Waals surface area contributed by atoms with Crippen molar-refractivity contribution in [3.8, 4) is 0 Å². The van der Waals surface area contributed by atoms with E-state index >= 15 is 0 Å². The van der Waals surface area contributed by atoms with Gasteiger partial charge in [0.15, 0.2) is 0 Å². The Hall–Kier alpha value is -1.29. The molecule has 13 heavy (non-hydrogen) atoms. The van der Waals surface area contributed by atoms with Gasteiger partial charge in [0.25, 0.3) is 0 Å². The molecule has 1 unspecified atom stereocenters. The molecule has 0 aliphatic carbocycles. The van der Waals surface area contributed by atoms with Crippen molar-refractivity contribution in [2.75, 3.05) is 0 Å². The highest BCUT2D eigenvalue weighted by molar-refractivity contribution is 5.33. The van der Waals surface area contributed by atoms with Crippen LogP contribution in [0.5, 0.6) is 0 Å². The van der Waals surface area contributed by atoms with Crippen LogP contribution in [0, 0.1) is 6.57 Å². The summed E-state index contributed by atoms with van der Waals surface area (Å²) < 4.78 is 0. The minimum atomic E-state index is -0.0152. The second kappa shape index (κ2) is 4.09. The summed E-state index contributed by atoms with van der Waals surface area (Å²) in [5.41, 5.74) is 2.47. The van der Waals surface area contributed by atoms with Gasteiger partial charge in [-0.1, -0.05) is 38.1 Å². The fourth-order valence-corrected chi connectivity index (χ4v) is 1.49. The molecule has 1 aromatic carbocycles. The van der Waals surface area contributed by atoms with Gasteiger partial charge >= 0.3 is 0 Å². The molecule has 0 fully saturated rings. The first kappa shape index (κ1) is 9.80. The van der Waals surface area contributed by atoms with Gasteiger partial charge in [-0.2, -0.15) is 0 Å². The van der Waals surface area contributed by atoms with Gasteiger partial charge in [-0.25, -0.2) is 6.57 Å². The van der Waals surface area contributed by atoms with Gasteiger partial charge in [-0.05, 0) is 11.5 Å². The van der Waals surface area contributed by atoms with E-state index in [-0.39, 0.29) is 6.04 Å². The Balaban J connectivity index is 3.13. The Morgan fingerprint density at radius 3 is 2.08 bits per heavy atom. The third-order valence-corrected chi connectivity index (χ3v) is 2.26. The van der Waals surface area contributed by atoms with E-state index in [1.165, 1.54) is 11.1 Å². The molecule has 0 bridgehead atoms. The number of nitrogens with zero attached hydrogens (tertiary/aromatic N) is 1. The predicted octanol–water partition coefficient (Wildman–Crippen LogP) is 3.79. The fourth-order valence-electron chi connectivity index (χ4n) is 1.49. The van der Waals surface area contributed by atoms with Gasteiger partial charge in [-0.3, -0.25) is 0 Å². The second-order valence-electron chi connectivity index (χ2n) is 3.59. The molecule has 1 rings (SSSR count). The van der Waals surface area contributed by atoms with Crippen molar-refractivity contribution in [1.82, 2.24) is 0 Å². The molecular formula is C12H15N. The zero-order valence-electron chi connectivity index (χ0n) is 8.41. The van der Waals surface area contributed by atoms with Gasteiger partial charge in [0, 0.05) is 12.5 Å². The number of hydrogen-bond acceptors (Lipinski definition) is 0. The lowest BCUT2D eigenvalue weighted by atomic mass is 9.94. The van der Waals surface area contributed by atoms with Crippen molar-refractivity contribution in [2.24, 2.45) is 0 Å². The average molecular weight is 173 g/mol. The first-order valence-corrected chi connectivity index (χ1v) is 4.62. The lowest BCUT2D eigenvalue weighted by Crippen LogP contribution is -1.97. The molecule has 68 valence electrons. The molecule has 0 aliphatic heterocycles. The molecule has 0 saturated carbocycles. The minimum absolute atomic E-state index is 0.0152. The first-order valence-electron chi connectivity index (χ1n) is 4.62. The quantitative estimate of drug-likeness (QED) is 0.599. The Labute approximate surface area is 80.2 Å². The van der Waals surface area contributed by atoms with Crippen LogP contribution < -0.4 is 0 Å². The Morgan fingerprint density at radius 2 is 1.62 bits per heavy atom. The van der Waals surface area contributed by atoms with Crippen molar-refractivity contribution in [1.29, 1.82) is 0 Å². The summed E-state index contributed by atoms with van der Waals surface area (Å²) in [5.74, 6) is 0.500. The van der Waals surface area contributed by atoms with E-state index in [2.05, 4.69) is 30.8 Å². The highest BCUT2D eigenvalue weighted by Crippen LogP contribution is 2.26. The SMILES string of the molecule is [C-]#[N+]C(C)c1ccccc1C(C)C. The highest BCUT2D eigenvalue weighted by Gasteiger charge is 2.14. The molecule has 1 aromatic rings. The number of benzene rings is 1. The molecule has 1 nitrogen and oxygen atoms in total. The van der Waals surface area contributed by atoms with Crippen molar-refractivity contribution in [2.45, 2.75) is 32.7 Å². The minimum Gasteiger partial charge on any atom is -0.309 e. The van der Waals surface area contributed by atoms with Crippen LogP contribution in [-0.4, -0.2) is 0 Å². The summed E-state index contributed by atoms with van der Waals surface area (Å²) in [7, 11) is 0. The van der Waals surface area contributed by atoms with Gasteiger partial charge in [0.1, 0.15) is 0 Å². The summed E-state index contributed by atoms with van der Waals surface area (Å²) >= 11 is 0. The average Bonchev–Trinajstić information content (AvgIpc) is 2.16. The second-order valence-corrected chi connectivity index (χ2v) is 3.59. The van der Waals surface area contributed by atoms with Crippen LogP contribution in [0.15, 0.2) is 24.3 Å². The zero-order valence-corrected chi connectivity index (χ0v) is 8.41. The normalized spacial score (nSPS) is 12.5. The molecule has 1 heteroatoms. The summed E-state index contributed by atoms with van der Waals surface area (Å²) in [6.45, 7) is 13.3. The van der Waals surface area contributed by atoms with E-state index in [0.29, 0.717) is 5.92 Å². The van der Waals surface area contributed by atoms with E-state index in [1.54, 1.807) is 0 Å². The molecule has 0 aliphatic rings. The summed E-state index contributed by atoms with van der Waals surface area (Å²) in [5, 5.41) is 0. The largest absolute Gasteiger partial charge is 0.309 e. The van der Waals surface area contributed by atoms with Crippen LogP contribution >= 0.6 is 0 Å². The van der Waals surface area contributed by atoms with Crippen molar-refractivity contribution < 1.29 is 0 Å². The Morgan fingerprint density at radius 1 is 1.08 bits per heavy atom. The van der Waals surface area contributed by atoms with Crippen LogP contribution in [-0.2, 0) is 0 Å². The van der Waals surface area contributed by atoms with Crippen molar-refractivity contribution in [3.05, 3.63) is 46.8 Å². The smallest absolute Gasteiger partial charge is 0.246 e. The first-order chi connectivity index (χ1) is 6.16. The topological polar surface area (TPSA) is 4.36 Å². The lowest BCUT2D eigenvalue weighted by Gasteiger charge is -2.11. The van der Waals surface area contributed by atoms with Gasteiger partial charge < -0.3 is 4.85 Å². The van der Waals surface area contributed by atoms with Crippen LogP contribution in [0.3, 0.4) is 0 Å². The number of hydrogen-bond donors (Lipinski definition) is 0. The predicted molar refractivity (Wildman–Crippen MR) is 55.5 cm³/mol. The Bertz CT molecular complexity index is 320. The fraction of sp³-hybridized carbons (Fsp3) is 0.417. The van der Waals surface area contributed by atoms with Crippen LogP contribution in [0.2, 0.25) is 0 Å². The molecule has 0 aromatic heterocycles. The third kappa shape index (κ3) is 2.09. The molecule has 0 radical (unpaired) electrons. The van der Waals surface area contributed by atoms with E-state index in [9.17, 15) is 0 Å².